The number of para-hydroxylation sites is 1. The van der Waals surface area contributed by atoms with E-state index in [1.54, 1.807) is 11.8 Å². The molecular formula is C19H17NOS2. The van der Waals surface area contributed by atoms with Crippen LogP contribution < -0.4 is 4.72 Å². The molecule has 0 saturated heterocycles. The predicted octanol–water partition coefficient (Wildman–Crippen LogP) is 5.28. The van der Waals surface area contributed by atoms with Crippen LogP contribution in [0.15, 0.2) is 93.5 Å². The lowest BCUT2D eigenvalue weighted by atomic mass is 10.2. The Morgan fingerprint density at radius 1 is 0.870 bits per heavy atom. The number of nitrogens with one attached hydrogen (secondary N) is 1. The molecule has 116 valence electrons. The highest BCUT2D eigenvalue weighted by Gasteiger charge is 2.12. The van der Waals surface area contributed by atoms with Crippen molar-refractivity contribution in [2.45, 2.75) is 21.6 Å². The normalized spacial score (nSPS) is 11.9. The SMILES string of the molecule is Cc1ccc(S(=O)Nc2ccccc2)c(Sc2ccccc2)c1. The topological polar surface area (TPSA) is 29.1 Å². The molecule has 0 fully saturated rings. The maximum Gasteiger partial charge on any atom is 0.151 e. The Morgan fingerprint density at radius 2 is 1.52 bits per heavy atom. The van der Waals surface area contributed by atoms with Crippen LogP contribution >= 0.6 is 11.8 Å². The zero-order valence-electron chi connectivity index (χ0n) is 12.7. The summed E-state index contributed by atoms with van der Waals surface area (Å²) in [5.74, 6) is 0. The van der Waals surface area contributed by atoms with Crippen LogP contribution in [0.3, 0.4) is 0 Å². The van der Waals surface area contributed by atoms with Gasteiger partial charge in [-0.05, 0) is 48.9 Å². The molecule has 0 heterocycles. The summed E-state index contributed by atoms with van der Waals surface area (Å²) in [6, 6.07) is 25.8. The van der Waals surface area contributed by atoms with Crippen molar-refractivity contribution in [3.05, 3.63) is 84.4 Å². The number of hydrogen-bond donors (Lipinski definition) is 1. The van der Waals surface area contributed by atoms with Crippen LogP contribution in [0.25, 0.3) is 0 Å². The molecule has 23 heavy (non-hydrogen) atoms. The van der Waals surface area contributed by atoms with Crippen LogP contribution in [-0.4, -0.2) is 4.21 Å². The molecule has 0 aliphatic carbocycles. The first kappa shape index (κ1) is 15.8. The molecule has 4 heteroatoms. The van der Waals surface area contributed by atoms with Crippen molar-refractivity contribution in [1.29, 1.82) is 0 Å². The van der Waals surface area contributed by atoms with E-state index < -0.39 is 11.0 Å². The van der Waals surface area contributed by atoms with E-state index in [1.165, 1.54) is 0 Å². The summed E-state index contributed by atoms with van der Waals surface area (Å²) >= 11 is 1.63. The highest BCUT2D eigenvalue weighted by atomic mass is 32.2. The minimum atomic E-state index is -1.30. The van der Waals surface area contributed by atoms with E-state index in [9.17, 15) is 4.21 Å². The van der Waals surface area contributed by atoms with E-state index in [0.29, 0.717) is 0 Å². The van der Waals surface area contributed by atoms with Crippen LogP contribution in [0.5, 0.6) is 0 Å². The number of anilines is 1. The van der Waals surface area contributed by atoms with Crippen molar-refractivity contribution in [3.8, 4) is 0 Å². The third kappa shape index (κ3) is 4.24. The molecule has 1 unspecified atom stereocenters. The number of hydrogen-bond acceptors (Lipinski definition) is 2. The average Bonchev–Trinajstić information content (AvgIpc) is 2.57. The molecule has 1 atom stereocenters. The standard InChI is InChI=1S/C19H17NOS2/c1-15-12-13-19(23(21)20-16-8-4-2-5-9-16)18(14-15)22-17-10-6-3-7-11-17/h2-14,20H,1H3. The van der Waals surface area contributed by atoms with E-state index in [4.69, 9.17) is 0 Å². The van der Waals surface area contributed by atoms with Crippen molar-refractivity contribution >= 4 is 28.4 Å². The molecule has 0 radical (unpaired) electrons. The van der Waals surface area contributed by atoms with E-state index in [1.807, 2.05) is 67.6 Å². The minimum Gasteiger partial charge on any atom is -0.301 e. The largest absolute Gasteiger partial charge is 0.301 e. The van der Waals surface area contributed by atoms with E-state index in [2.05, 4.69) is 22.9 Å². The molecule has 3 aromatic carbocycles. The van der Waals surface area contributed by atoms with Gasteiger partial charge in [-0.2, -0.15) is 0 Å². The Balaban J connectivity index is 1.88. The summed E-state index contributed by atoms with van der Waals surface area (Å²) in [5.41, 5.74) is 2.01. The van der Waals surface area contributed by atoms with Crippen molar-refractivity contribution in [1.82, 2.24) is 0 Å². The molecule has 0 aliphatic heterocycles. The second kappa shape index (κ2) is 7.49. The Labute approximate surface area is 143 Å². The lowest BCUT2D eigenvalue weighted by Gasteiger charge is -2.11. The van der Waals surface area contributed by atoms with Gasteiger partial charge in [0.1, 0.15) is 0 Å². The monoisotopic (exact) mass is 339 g/mol. The summed E-state index contributed by atoms with van der Waals surface area (Å²) in [6.45, 7) is 2.05. The van der Waals surface area contributed by atoms with Crippen LogP contribution in [0, 0.1) is 6.92 Å². The average molecular weight is 339 g/mol. The summed E-state index contributed by atoms with van der Waals surface area (Å²) in [5, 5.41) is 0. The fraction of sp³-hybridized carbons (Fsp3) is 0.0526. The Morgan fingerprint density at radius 3 is 2.22 bits per heavy atom. The highest BCUT2D eigenvalue weighted by molar-refractivity contribution is 8.00. The fourth-order valence-corrected chi connectivity index (χ4v) is 4.34. The van der Waals surface area contributed by atoms with Crippen LogP contribution in [0.4, 0.5) is 5.69 Å². The van der Waals surface area contributed by atoms with Crippen molar-refractivity contribution in [3.63, 3.8) is 0 Å². The van der Waals surface area contributed by atoms with Gasteiger partial charge in [0, 0.05) is 15.5 Å². The first-order chi connectivity index (χ1) is 11.2. The molecule has 0 amide bonds. The molecule has 0 aromatic heterocycles. The molecule has 0 bridgehead atoms. The number of rotatable bonds is 5. The van der Waals surface area contributed by atoms with E-state index in [0.717, 1.165) is 25.9 Å². The third-order valence-corrected chi connectivity index (χ3v) is 5.63. The molecule has 3 aromatic rings. The second-order valence-electron chi connectivity index (χ2n) is 5.10. The second-order valence-corrected chi connectivity index (χ2v) is 7.40. The lowest BCUT2D eigenvalue weighted by Crippen LogP contribution is -2.06. The Bertz CT molecular complexity index is 804. The van der Waals surface area contributed by atoms with Crippen molar-refractivity contribution in [2.24, 2.45) is 0 Å². The first-order valence-electron chi connectivity index (χ1n) is 7.29. The number of benzene rings is 3. The molecule has 1 N–H and O–H groups in total. The molecular weight excluding hydrogens is 322 g/mol. The van der Waals surface area contributed by atoms with Gasteiger partial charge in [0.2, 0.25) is 0 Å². The Hall–Kier alpha value is -2.04. The zero-order chi connectivity index (χ0) is 16.1. The van der Waals surface area contributed by atoms with E-state index >= 15 is 0 Å². The summed E-state index contributed by atoms with van der Waals surface area (Å²) in [7, 11) is -1.30. The van der Waals surface area contributed by atoms with Crippen LogP contribution in [-0.2, 0) is 11.0 Å². The smallest absolute Gasteiger partial charge is 0.151 e. The van der Waals surface area contributed by atoms with Gasteiger partial charge >= 0.3 is 0 Å². The summed E-state index contributed by atoms with van der Waals surface area (Å²) in [6.07, 6.45) is 0. The van der Waals surface area contributed by atoms with Crippen molar-refractivity contribution in [2.75, 3.05) is 4.72 Å². The van der Waals surface area contributed by atoms with Gasteiger partial charge < -0.3 is 4.72 Å². The summed E-state index contributed by atoms with van der Waals surface area (Å²) in [4.78, 5) is 2.95. The Kier molecular flexibility index (Phi) is 5.16. The minimum absolute atomic E-state index is 0.799. The maximum atomic E-state index is 12.7. The fourth-order valence-electron chi connectivity index (χ4n) is 2.13. The number of aryl methyl sites for hydroxylation is 1. The molecule has 0 aliphatic rings. The predicted molar refractivity (Wildman–Crippen MR) is 98.2 cm³/mol. The van der Waals surface area contributed by atoms with Gasteiger partial charge in [-0.25, -0.2) is 4.21 Å². The molecule has 0 saturated carbocycles. The quantitative estimate of drug-likeness (QED) is 0.685. The van der Waals surface area contributed by atoms with Gasteiger partial charge in [0.05, 0.1) is 4.90 Å². The van der Waals surface area contributed by atoms with Crippen LogP contribution in [0.1, 0.15) is 5.56 Å². The van der Waals surface area contributed by atoms with Crippen LogP contribution in [0.2, 0.25) is 0 Å². The summed E-state index contributed by atoms with van der Waals surface area (Å²) < 4.78 is 15.8. The van der Waals surface area contributed by atoms with E-state index in [-0.39, 0.29) is 0 Å². The highest BCUT2D eigenvalue weighted by Crippen LogP contribution is 2.33. The molecule has 0 spiro atoms. The van der Waals surface area contributed by atoms with Crippen molar-refractivity contribution < 1.29 is 4.21 Å². The van der Waals surface area contributed by atoms with Gasteiger partial charge in [0.25, 0.3) is 0 Å². The lowest BCUT2D eigenvalue weighted by molar-refractivity contribution is 0.685. The maximum absolute atomic E-state index is 12.7. The third-order valence-electron chi connectivity index (χ3n) is 3.25. The van der Waals surface area contributed by atoms with Gasteiger partial charge in [-0.15, -0.1) is 0 Å². The molecule has 2 nitrogen and oxygen atoms in total. The van der Waals surface area contributed by atoms with Gasteiger partial charge in [-0.1, -0.05) is 54.2 Å². The molecule has 3 rings (SSSR count). The zero-order valence-corrected chi connectivity index (χ0v) is 14.4. The van der Waals surface area contributed by atoms with Gasteiger partial charge in [-0.3, -0.25) is 0 Å². The first-order valence-corrected chi connectivity index (χ1v) is 9.26. The van der Waals surface area contributed by atoms with Gasteiger partial charge in [0.15, 0.2) is 11.0 Å².